The molecule has 4 heteroatoms. The Bertz CT molecular complexity index is 116. The van der Waals surface area contributed by atoms with Crippen LogP contribution in [-0.4, -0.2) is 55.4 Å². The smallest absolute Gasteiger partial charge is 0.140 e. The van der Waals surface area contributed by atoms with Crippen molar-refractivity contribution in [1.29, 1.82) is 0 Å². The van der Waals surface area contributed by atoms with E-state index >= 15 is 0 Å². The Morgan fingerprint density at radius 2 is 1.75 bits per heavy atom. The molecule has 0 aliphatic rings. The third-order valence-electron chi connectivity index (χ3n) is 2.10. The summed E-state index contributed by atoms with van der Waals surface area (Å²) < 4.78 is 10.6. The minimum absolute atomic E-state index is 0.268. The first-order chi connectivity index (χ1) is 5.54. The molecule has 0 saturated carbocycles. The van der Waals surface area contributed by atoms with E-state index in [0.29, 0.717) is 0 Å². The minimum Gasteiger partial charge on any atom is -0.358 e. The highest BCUT2D eigenvalue weighted by molar-refractivity contribution is 6.13. The second kappa shape index (κ2) is 5.69. The maximum Gasteiger partial charge on any atom is 0.140 e. The summed E-state index contributed by atoms with van der Waals surface area (Å²) in [7, 11) is 8.50. The molecule has 0 atom stereocenters. The van der Waals surface area contributed by atoms with Crippen molar-refractivity contribution in [2.45, 2.75) is 18.3 Å². The van der Waals surface area contributed by atoms with Gasteiger partial charge in [0.25, 0.3) is 0 Å². The molecule has 0 N–H and O–H groups in total. The normalized spacial score (nSPS) is 12.8. The Labute approximate surface area is 78.5 Å². The zero-order chi connectivity index (χ0) is 9.61. The van der Waals surface area contributed by atoms with Gasteiger partial charge in [0.15, 0.2) is 0 Å². The van der Waals surface area contributed by atoms with Gasteiger partial charge in [-0.2, -0.15) is 0 Å². The molecule has 0 heterocycles. The molecule has 0 aliphatic heterocycles. The van der Waals surface area contributed by atoms with E-state index in [9.17, 15) is 0 Å². The van der Waals surface area contributed by atoms with Crippen molar-refractivity contribution in [3.63, 3.8) is 0 Å². The molecule has 0 aromatic carbocycles. The highest BCUT2D eigenvalue weighted by atomic mass is 28.1. The molecule has 3 nitrogen and oxygen atoms in total. The van der Waals surface area contributed by atoms with Crippen LogP contribution in [0, 0.1) is 0 Å². The van der Waals surface area contributed by atoms with Crippen molar-refractivity contribution >= 4 is 10.2 Å². The van der Waals surface area contributed by atoms with Gasteiger partial charge >= 0.3 is 0 Å². The maximum atomic E-state index is 5.29. The average Bonchev–Trinajstić information content (AvgIpc) is 2.03. The van der Waals surface area contributed by atoms with Crippen molar-refractivity contribution in [3.05, 3.63) is 0 Å². The van der Waals surface area contributed by atoms with E-state index in [1.807, 2.05) is 0 Å². The quantitative estimate of drug-likeness (QED) is 0.423. The van der Waals surface area contributed by atoms with Gasteiger partial charge in [-0.3, -0.25) is 0 Å². The molecule has 0 aliphatic carbocycles. The molecule has 0 amide bonds. The van der Waals surface area contributed by atoms with Gasteiger partial charge in [-0.05, 0) is 33.5 Å². The average molecular weight is 191 g/mol. The van der Waals surface area contributed by atoms with Crippen molar-refractivity contribution in [2.24, 2.45) is 0 Å². The maximum absolute atomic E-state index is 5.29. The van der Waals surface area contributed by atoms with Gasteiger partial charge in [0.2, 0.25) is 0 Å². The van der Waals surface area contributed by atoms with Crippen LogP contribution in [0.15, 0.2) is 0 Å². The van der Waals surface area contributed by atoms with Crippen LogP contribution in [0.1, 0.15) is 12.8 Å². The van der Waals surface area contributed by atoms with Crippen molar-refractivity contribution in [1.82, 2.24) is 4.90 Å². The Kier molecular flexibility index (Phi) is 5.74. The van der Waals surface area contributed by atoms with Crippen LogP contribution < -0.4 is 0 Å². The molecule has 12 heavy (non-hydrogen) atoms. The molecule has 0 radical (unpaired) electrons. The first-order valence-electron chi connectivity index (χ1n) is 4.29. The molecule has 0 unspecified atom stereocenters. The number of hydrogen-bond donors (Lipinski definition) is 0. The summed E-state index contributed by atoms with van der Waals surface area (Å²) in [6.45, 7) is 1.09. The van der Waals surface area contributed by atoms with Crippen LogP contribution in [0.3, 0.4) is 0 Å². The summed E-state index contributed by atoms with van der Waals surface area (Å²) in [5.74, 6) is 0. The molecule has 0 fully saturated rings. The molecule has 0 spiro atoms. The van der Waals surface area contributed by atoms with Gasteiger partial charge < -0.3 is 14.4 Å². The fraction of sp³-hybridized carbons (Fsp3) is 1.00. The van der Waals surface area contributed by atoms with E-state index in [-0.39, 0.29) is 5.41 Å². The van der Waals surface area contributed by atoms with Crippen LogP contribution in [0.2, 0.25) is 0 Å². The Balaban J connectivity index is 3.58. The fourth-order valence-corrected chi connectivity index (χ4v) is 1.36. The standard InChI is InChI=1S/C8H21NO2Si/c1-9(2)7-5-6-8(12,10-3)11-4/h5-7H2,1-4,12H3. The lowest BCUT2D eigenvalue weighted by molar-refractivity contribution is -0.146. The van der Waals surface area contributed by atoms with E-state index in [1.165, 1.54) is 0 Å². The predicted octanol–water partition coefficient (Wildman–Crippen LogP) is -0.360. The van der Waals surface area contributed by atoms with E-state index in [2.05, 4.69) is 19.0 Å². The minimum atomic E-state index is -0.268. The van der Waals surface area contributed by atoms with Gasteiger partial charge in [-0.25, -0.2) is 0 Å². The lowest BCUT2D eigenvalue weighted by Gasteiger charge is -2.27. The SMILES string of the molecule is COC([SiH3])(CCCN(C)C)OC. The Morgan fingerprint density at radius 3 is 2.08 bits per heavy atom. The Hall–Kier alpha value is 0.0969. The second-order valence-electron chi connectivity index (χ2n) is 3.45. The van der Waals surface area contributed by atoms with Crippen LogP contribution in [-0.2, 0) is 9.47 Å². The lowest BCUT2D eigenvalue weighted by Crippen LogP contribution is -2.34. The topological polar surface area (TPSA) is 21.7 Å². The van der Waals surface area contributed by atoms with E-state index in [4.69, 9.17) is 9.47 Å². The summed E-state index contributed by atoms with van der Waals surface area (Å²) in [6.07, 6.45) is 2.11. The number of ether oxygens (including phenoxy) is 2. The number of rotatable bonds is 6. The number of nitrogens with zero attached hydrogens (tertiary/aromatic N) is 1. The molecule has 0 saturated heterocycles. The predicted molar refractivity (Wildman–Crippen MR) is 54.5 cm³/mol. The Morgan fingerprint density at radius 1 is 1.25 bits per heavy atom. The van der Waals surface area contributed by atoms with Gasteiger partial charge in [-0.1, -0.05) is 0 Å². The van der Waals surface area contributed by atoms with Crippen LogP contribution in [0.4, 0.5) is 0 Å². The van der Waals surface area contributed by atoms with Gasteiger partial charge in [0, 0.05) is 14.2 Å². The van der Waals surface area contributed by atoms with Crippen molar-refractivity contribution in [2.75, 3.05) is 34.9 Å². The summed E-state index contributed by atoms with van der Waals surface area (Å²) in [4.78, 5) is 2.17. The van der Waals surface area contributed by atoms with Crippen LogP contribution in [0.25, 0.3) is 0 Å². The van der Waals surface area contributed by atoms with Crippen molar-refractivity contribution < 1.29 is 9.47 Å². The second-order valence-corrected chi connectivity index (χ2v) is 4.97. The van der Waals surface area contributed by atoms with Gasteiger partial charge in [0.05, 0.1) is 10.2 Å². The molecular formula is C8H21NO2Si. The number of hydrogen-bond acceptors (Lipinski definition) is 3. The molecule has 0 aromatic rings. The number of methoxy groups -OCH3 is 2. The monoisotopic (exact) mass is 191 g/mol. The first kappa shape index (κ1) is 12.1. The molecule has 0 bridgehead atoms. The first-order valence-corrected chi connectivity index (χ1v) is 5.29. The van der Waals surface area contributed by atoms with Gasteiger partial charge in [-0.15, -0.1) is 0 Å². The molecule has 0 aromatic heterocycles. The molecular weight excluding hydrogens is 170 g/mol. The van der Waals surface area contributed by atoms with E-state index in [0.717, 1.165) is 29.6 Å². The third kappa shape index (κ3) is 4.87. The highest BCUT2D eigenvalue weighted by Gasteiger charge is 2.20. The summed E-state index contributed by atoms with van der Waals surface area (Å²) >= 11 is 0. The summed E-state index contributed by atoms with van der Waals surface area (Å²) in [5, 5.41) is 0. The zero-order valence-corrected chi connectivity index (χ0v) is 10.9. The van der Waals surface area contributed by atoms with E-state index in [1.54, 1.807) is 14.2 Å². The van der Waals surface area contributed by atoms with Crippen molar-refractivity contribution in [3.8, 4) is 0 Å². The lowest BCUT2D eigenvalue weighted by atomic mass is 10.3. The highest BCUT2D eigenvalue weighted by Crippen LogP contribution is 2.13. The largest absolute Gasteiger partial charge is 0.358 e. The zero-order valence-electron chi connectivity index (χ0n) is 8.89. The van der Waals surface area contributed by atoms with Crippen LogP contribution >= 0.6 is 0 Å². The molecule has 74 valence electrons. The third-order valence-corrected chi connectivity index (χ3v) is 3.42. The molecule has 0 rings (SSSR count). The summed E-state index contributed by atoms with van der Waals surface area (Å²) in [5.41, 5.74) is -0.268. The fourth-order valence-electron chi connectivity index (χ4n) is 1.00. The van der Waals surface area contributed by atoms with E-state index < -0.39 is 0 Å². The summed E-state index contributed by atoms with van der Waals surface area (Å²) in [6, 6.07) is 0. The van der Waals surface area contributed by atoms with Crippen LogP contribution in [0.5, 0.6) is 0 Å². The van der Waals surface area contributed by atoms with Gasteiger partial charge in [0.1, 0.15) is 5.41 Å².